The van der Waals surface area contributed by atoms with Crippen molar-refractivity contribution < 1.29 is 0 Å². The Hall–Kier alpha value is -1.64. The number of hydrogen-bond acceptors (Lipinski definition) is 3. The van der Waals surface area contributed by atoms with Crippen LogP contribution in [-0.4, -0.2) is 48.5 Å². The third kappa shape index (κ3) is 6.97. The number of piperazine rings is 1. The van der Waals surface area contributed by atoms with Crippen LogP contribution >= 0.6 is 24.0 Å². The van der Waals surface area contributed by atoms with Gasteiger partial charge in [0.25, 0.3) is 0 Å². The maximum absolute atomic E-state index is 6.13. The lowest BCUT2D eigenvalue weighted by Gasteiger charge is -2.34. The molecule has 2 aromatic rings. The maximum atomic E-state index is 6.13. The van der Waals surface area contributed by atoms with Crippen molar-refractivity contribution in [1.29, 1.82) is 0 Å². The lowest BCUT2D eigenvalue weighted by molar-refractivity contribution is 0.131. The summed E-state index contributed by atoms with van der Waals surface area (Å²) in [5.74, 6) is 0.453. The van der Waals surface area contributed by atoms with Gasteiger partial charge in [0.15, 0.2) is 5.96 Å². The van der Waals surface area contributed by atoms with E-state index < -0.39 is 0 Å². The largest absolute Gasteiger partial charge is 0.370 e. The van der Waals surface area contributed by atoms with Gasteiger partial charge in [0.1, 0.15) is 0 Å². The van der Waals surface area contributed by atoms with Gasteiger partial charge in [0.2, 0.25) is 0 Å². The molecule has 1 saturated heterocycles. The van der Waals surface area contributed by atoms with Crippen LogP contribution in [0, 0.1) is 13.8 Å². The second-order valence-electron chi connectivity index (χ2n) is 7.60. The van der Waals surface area contributed by atoms with Gasteiger partial charge in [-0.1, -0.05) is 37.3 Å². The molecule has 1 heterocycles. The number of halogens is 1. The zero-order valence-electron chi connectivity index (χ0n) is 17.8. The summed E-state index contributed by atoms with van der Waals surface area (Å²) in [5.41, 5.74) is 12.2. The van der Waals surface area contributed by atoms with Crippen LogP contribution in [-0.2, 0) is 13.1 Å². The molecule has 0 aromatic heterocycles. The zero-order chi connectivity index (χ0) is 19.9. The number of nitrogens with two attached hydrogens (primary N) is 1. The monoisotopic (exact) mass is 507 g/mol. The van der Waals surface area contributed by atoms with Gasteiger partial charge in [0, 0.05) is 38.4 Å². The first-order valence-electron chi connectivity index (χ1n) is 10.2. The number of hydrogen-bond donors (Lipinski definition) is 2. The van der Waals surface area contributed by atoms with Crippen molar-refractivity contribution in [3.8, 4) is 0 Å². The van der Waals surface area contributed by atoms with Crippen molar-refractivity contribution in [1.82, 2.24) is 9.80 Å². The number of nitrogens with one attached hydrogen (secondary N) is 1. The Morgan fingerprint density at radius 1 is 0.966 bits per heavy atom. The molecule has 29 heavy (non-hydrogen) atoms. The molecule has 0 unspecified atom stereocenters. The molecular weight excluding hydrogens is 473 g/mol. The Balaban J connectivity index is 0.00000300. The predicted octanol–water partition coefficient (Wildman–Crippen LogP) is 3.99. The number of rotatable bonds is 6. The number of aryl methyl sites for hydroxylation is 2. The van der Waals surface area contributed by atoms with Crippen LogP contribution in [0.1, 0.15) is 29.2 Å². The lowest BCUT2D eigenvalue weighted by Crippen LogP contribution is -2.45. The highest BCUT2D eigenvalue weighted by Crippen LogP contribution is 2.16. The Morgan fingerprint density at radius 3 is 2.28 bits per heavy atom. The molecule has 5 nitrogen and oxygen atoms in total. The van der Waals surface area contributed by atoms with Crippen LogP contribution in [0.25, 0.3) is 0 Å². The first-order chi connectivity index (χ1) is 13.5. The topological polar surface area (TPSA) is 56.9 Å². The molecule has 0 aliphatic carbocycles. The number of anilines is 1. The van der Waals surface area contributed by atoms with Crippen LogP contribution in [0.3, 0.4) is 0 Å². The molecule has 6 heteroatoms. The van der Waals surface area contributed by atoms with E-state index in [9.17, 15) is 0 Å². The second-order valence-corrected chi connectivity index (χ2v) is 7.60. The normalized spacial score (nSPS) is 15.8. The highest BCUT2D eigenvalue weighted by molar-refractivity contribution is 14.0. The van der Waals surface area contributed by atoms with Crippen molar-refractivity contribution in [2.24, 2.45) is 10.7 Å². The van der Waals surface area contributed by atoms with Crippen LogP contribution in [0.15, 0.2) is 47.5 Å². The first-order valence-corrected chi connectivity index (χ1v) is 10.2. The molecule has 2 aromatic carbocycles. The fourth-order valence-corrected chi connectivity index (χ4v) is 3.55. The minimum Gasteiger partial charge on any atom is -0.370 e. The third-order valence-corrected chi connectivity index (χ3v) is 5.62. The van der Waals surface area contributed by atoms with Gasteiger partial charge in [-0.3, -0.25) is 4.90 Å². The van der Waals surface area contributed by atoms with E-state index in [1.165, 1.54) is 22.3 Å². The van der Waals surface area contributed by atoms with Crippen LogP contribution in [0.5, 0.6) is 0 Å². The first kappa shape index (κ1) is 23.6. The molecule has 1 fully saturated rings. The van der Waals surface area contributed by atoms with Crippen molar-refractivity contribution >= 4 is 35.6 Å². The quantitative estimate of drug-likeness (QED) is 0.353. The predicted molar refractivity (Wildman–Crippen MR) is 134 cm³/mol. The summed E-state index contributed by atoms with van der Waals surface area (Å²) < 4.78 is 0. The molecule has 1 aliphatic rings. The molecule has 0 bridgehead atoms. The van der Waals surface area contributed by atoms with Crippen LogP contribution in [0.2, 0.25) is 0 Å². The van der Waals surface area contributed by atoms with Gasteiger partial charge in [-0.2, -0.15) is 0 Å². The van der Waals surface area contributed by atoms with Crippen LogP contribution < -0.4 is 11.1 Å². The molecule has 1 aliphatic heterocycles. The van der Waals surface area contributed by atoms with Crippen molar-refractivity contribution in [3.63, 3.8) is 0 Å². The van der Waals surface area contributed by atoms with E-state index in [-0.39, 0.29) is 24.0 Å². The summed E-state index contributed by atoms with van der Waals surface area (Å²) >= 11 is 0. The van der Waals surface area contributed by atoms with Gasteiger partial charge in [0.05, 0.1) is 6.54 Å². The zero-order valence-corrected chi connectivity index (χ0v) is 20.1. The molecule has 0 atom stereocenters. The lowest BCUT2D eigenvalue weighted by atomic mass is 10.1. The fraction of sp³-hybridized carbons (Fsp3) is 0.435. The van der Waals surface area contributed by atoms with Gasteiger partial charge in [-0.15, -0.1) is 24.0 Å². The van der Waals surface area contributed by atoms with Gasteiger partial charge < -0.3 is 16.0 Å². The molecule has 0 spiro atoms. The Kier molecular flexibility index (Phi) is 9.39. The van der Waals surface area contributed by atoms with Crippen LogP contribution in [0.4, 0.5) is 5.69 Å². The molecule has 0 saturated carbocycles. The number of nitrogens with zero attached hydrogens (tertiary/aromatic N) is 3. The fourth-order valence-electron chi connectivity index (χ4n) is 3.55. The van der Waals surface area contributed by atoms with E-state index in [0.29, 0.717) is 12.5 Å². The maximum Gasteiger partial charge on any atom is 0.193 e. The molecule has 158 valence electrons. The number of benzene rings is 2. The summed E-state index contributed by atoms with van der Waals surface area (Å²) in [6.07, 6.45) is 0. The summed E-state index contributed by atoms with van der Waals surface area (Å²) in [4.78, 5) is 9.62. The highest BCUT2D eigenvalue weighted by atomic mass is 127. The van der Waals surface area contributed by atoms with Gasteiger partial charge in [-0.05, 0) is 54.8 Å². The molecule has 0 radical (unpaired) electrons. The average molecular weight is 507 g/mol. The van der Waals surface area contributed by atoms with E-state index in [0.717, 1.165) is 45.0 Å². The number of guanidine groups is 1. The SMILES string of the molecule is CCN1CCN(Cc2ccccc2CN=C(N)Nc2ccc(C)c(C)c2)CC1.I. The Labute approximate surface area is 192 Å². The van der Waals surface area contributed by atoms with E-state index in [1.54, 1.807) is 0 Å². The average Bonchev–Trinajstić information content (AvgIpc) is 2.71. The minimum absolute atomic E-state index is 0. The summed E-state index contributed by atoms with van der Waals surface area (Å²) in [6, 6.07) is 14.8. The standard InChI is InChI=1S/C23H33N5.HI/c1-4-27-11-13-28(14-12-27)17-21-8-6-5-7-20(21)16-25-23(24)26-22-10-9-18(2)19(3)15-22;/h5-10,15H,4,11-14,16-17H2,1-3H3,(H3,24,25,26);1H. The summed E-state index contributed by atoms with van der Waals surface area (Å²) in [6.45, 7) is 13.7. The number of aliphatic imine (C=N–C) groups is 1. The van der Waals surface area contributed by atoms with E-state index >= 15 is 0 Å². The Bertz CT molecular complexity index is 813. The van der Waals surface area contributed by atoms with Gasteiger partial charge in [-0.25, -0.2) is 4.99 Å². The second kappa shape index (κ2) is 11.5. The third-order valence-electron chi connectivity index (χ3n) is 5.62. The smallest absolute Gasteiger partial charge is 0.193 e. The Morgan fingerprint density at radius 2 is 1.62 bits per heavy atom. The van der Waals surface area contributed by atoms with Crippen molar-refractivity contribution in [2.75, 3.05) is 38.0 Å². The van der Waals surface area contributed by atoms with E-state index in [4.69, 9.17) is 5.73 Å². The van der Waals surface area contributed by atoms with Crippen molar-refractivity contribution in [2.45, 2.75) is 33.9 Å². The number of likely N-dealkylation sites (N-methyl/N-ethyl adjacent to an activating group) is 1. The summed E-state index contributed by atoms with van der Waals surface area (Å²) in [5, 5.41) is 3.20. The van der Waals surface area contributed by atoms with E-state index in [1.807, 2.05) is 6.07 Å². The molecule has 3 rings (SSSR count). The van der Waals surface area contributed by atoms with Crippen molar-refractivity contribution in [3.05, 3.63) is 64.7 Å². The highest BCUT2D eigenvalue weighted by Gasteiger charge is 2.16. The van der Waals surface area contributed by atoms with E-state index in [2.05, 4.69) is 77.3 Å². The molecule has 0 amide bonds. The summed E-state index contributed by atoms with van der Waals surface area (Å²) in [7, 11) is 0. The van der Waals surface area contributed by atoms with Gasteiger partial charge >= 0.3 is 0 Å². The minimum atomic E-state index is 0. The molecular formula is C23H34IN5. The molecule has 3 N–H and O–H groups in total.